The Balaban J connectivity index is 1.80. The van der Waals surface area contributed by atoms with Crippen LogP contribution in [0.1, 0.15) is 25.3 Å². The number of likely N-dealkylation sites (tertiary alicyclic amines) is 1. The van der Waals surface area contributed by atoms with Gasteiger partial charge in [-0.15, -0.1) is 0 Å². The second-order valence-electron chi connectivity index (χ2n) is 7.74. The maximum Gasteiger partial charge on any atom is 0.309 e. The van der Waals surface area contributed by atoms with Crippen LogP contribution in [0.25, 0.3) is 0 Å². The maximum atomic E-state index is 13.5. The highest BCUT2D eigenvalue weighted by Gasteiger charge is 2.33. The van der Waals surface area contributed by atoms with Crippen LogP contribution >= 0.6 is 23.2 Å². The zero-order valence-electron chi connectivity index (χ0n) is 18.2. The predicted octanol–water partition coefficient (Wildman–Crippen LogP) is 3.99. The van der Waals surface area contributed by atoms with Crippen LogP contribution in [-0.4, -0.2) is 55.7 Å². The summed E-state index contributed by atoms with van der Waals surface area (Å²) in [5.41, 5.74) is 0.730. The maximum absolute atomic E-state index is 13.5. The van der Waals surface area contributed by atoms with E-state index in [-0.39, 0.29) is 45.8 Å². The molecule has 33 heavy (non-hydrogen) atoms. The smallest absolute Gasteiger partial charge is 0.309 e. The number of ether oxygens (including phenoxy) is 1. The minimum atomic E-state index is -4.12. The summed E-state index contributed by atoms with van der Waals surface area (Å²) >= 11 is 12.2. The van der Waals surface area contributed by atoms with E-state index in [0.717, 1.165) is 9.87 Å². The standard InChI is InChI=1S/C23H26Cl2N2O5S/c1-2-32-23(29)18-10-12-26(13-11-18)22(28)16-27(15-17-6-4-3-5-7-17)33(30,31)21-14-19(24)8-9-20(21)25/h3-9,14,18H,2,10-13,15-16H2,1H3. The molecule has 7 nitrogen and oxygen atoms in total. The number of amides is 1. The largest absolute Gasteiger partial charge is 0.466 e. The molecule has 0 aliphatic carbocycles. The predicted molar refractivity (Wildman–Crippen MR) is 126 cm³/mol. The number of nitrogens with zero attached hydrogens (tertiary/aromatic N) is 2. The number of sulfonamides is 1. The number of carbonyl (C=O) groups is 2. The van der Waals surface area contributed by atoms with Gasteiger partial charge in [-0.2, -0.15) is 4.31 Å². The molecule has 1 aliphatic rings. The van der Waals surface area contributed by atoms with Gasteiger partial charge in [-0.1, -0.05) is 53.5 Å². The van der Waals surface area contributed by atoms with Gasteiger partial charge in [-0.25, -0.2) is 8.42 Å². The molecule has 3 rings (SSSR count). The summed E-state index contributed by atoms with van der Waals surface area (Å²) < 4.78 is 33.2. The molecular formula is C23H26Cl2N2O5S. The number of esters is 1. The van der Waals surface area contributed by atoms with Crippen molar-refractivity contribution in [1.29, 1.82) is 0 Å². The summed E-state index contributed by atoms with van der Waals surface area (Å²) in [6.07, 6.45) is 0.965. The normalized spacial score (nSPS) is 15.0. The van der Waals surface area contributed by atoms with E-state index < -0.39 is 10.0 Å². The van der Waals surface area contributed by atoms with E-state index in [1.165, 1.54) is 18.2 Å². The van der Waals surface area contributed by atoms with Gasteiger partial charge in [0.2, 0.25) is 15.9 Å². The monoisotopic (exact) mass is 512 g/mol. The van der Waals surface area contributed by atoms with Crippen molar-refractivity contribution < 1.29 is 22.7 Å². The van der Waals surface area contributed by atoms with E-state index in [1.807, 2.05) is 6.07 Å². The third-order valence-corrected chi connectivity index (χ3v) is 8.00. The van der Waals surface area contributed by atoms with Crippen molar-refractivity contribution in [2.45, 2.75) is 31.2 Å². The molecule has 0 saturated carbocycles. The zero-order valence-corrected chi connectivity index (χ0v) is 20.6. The van der Waals surface area contributed by atoms with Crippen molar-refractivity contribution in [3.05, 3.63) is 64.1 Å². The molecule has 1 amide bonds. The molecule has 1 heterocycles. The Morgan fingerprint density at radius 3 is 2.39 bits per heavy atom. The lowest BCUT2D eigenvalue weighted by atomic mass is 9.97. The lowest BCUT2D eigenvalue weighted by molar-refractivity contribution is -0.151. The van der Waals surface area contributed by atoms with E-state index in [2.05, 4.69) is 0 Å². The Hall–Kier alpha value is -2.13. The van der Waals surface area contributed by atoms with Crippen LogP contribution in [0.4, 0.5) is 0 Å². The van der Waals surface area contributed by atoms with E-state index in [1.54, 1.807) is 36.1 Å². The van der Waals surface area contributed by atoms with Gasteiger partial charge in [0.1, 0.15) is 4.90 Å². The topological polar surface area (TPSA) is 84.0 Å². The average molecular weight is 513 g/mol. The fraction of sp³-hybridized carbons (Fsp3) is 0.391. The first-order chi connectivity index (χ1) is 15.7. The highest BCUT2D eigenvalue weighted by Crippen LogP contribution is 2.29. The van der Waals surface area contributed by atoms with E-state index in [4.69, 9.17) is 27.9 Å². The third kappa shape index (κ3) is 6.47. The average Bonchev–Trinajstić information content (AvgIpc) is 2.81. The van der Waals surface area contributed by atoms with E-state index in [9.17, 15) is 18.0 Å². The van der Waals surface area contributed by atoms with Crippen LogP contribution in [0.15, 0.2) is 53.4 Å². The lowest BCUT2D eigenvalue weighted by Gasteiger charge is -2.32. The van der Waals surface area contributed by atoms with Crippen LogP contribution in [0.2, 0.25) is 10.0 Å². The molecule has 1 saturated heterocycles. The molecule has 0 bridgehead atoms. The van der Waals surface area contributed by atoms with Crippen LogP contribution in [0.5, 0.6) is 0 Å². The second kappa shape index (κ2) is 11.3. The molecule has 10 heteroatoms. The Morgan fingerprint density at radius 2 is 1.76 bits per heavy atom. The van der Waals surface area contributed by atoms with Crippen molar-refractivity contribution in [3.8, 4) is 0 Å². The Labute approximate surface area is 204 Å². The van der Waals surface area contributed by atoms with Gasteiger partial charge in [-0.05, 0) is 43.5 Å². The van der Waals surface area contributed by atoms with Gasteiger partial charge in [0.25, 0.3) is 0 Å². The summed E-state index contributed by atoms with van der Waals surface area (Å²) in [7, 11) is -4.12. The summed E-state index contributed by atoms with van der Waals surface area (Å²) in [6.45, 7) is 2.43. The van der Waals surface area contributed by atoms with Crippen molar-refractivity contribution in [2.24, 2.45) is 5.92 Å². The molecule has 0 N–H and O–H groups in total. The summed E-state index contributed by atoms with van der Waals surface area (Å²) in [5, 5.41) is 0.255. The summed E-state index contributed by atoms with van der Waals surface area (Å²) in [5.74, 6) is -0.841. The van der Waals surface area contributed by atoms with Gasteiger partial charge in [0.15, 0.2) is 0 Å². The molecule has 0 unspecified atom stereocenters. The van der Waals surface area contributed by atoms with Gasteiger partial charge >= 0.3 is 5.97 Å². The number of hydrogen-bond donors (Lipinski definition) is 0. The molecule has 2 aromatic carbocycles. The van der Waals surface area contributed by atoms with E-state index >= 15 is 0 Å². The number of benzene rings is 2. The fourth-order valence-electron chi connectivity index (χ4n) is 3.70. The summed E-state index contributed by atoms with van der Waals surface area (Å²) in [4.78, 5) is 26.5. The Kier molecular flexibility index (Phi) is 8.75. The first kappa shape index (κ1) is 25.5. The molecule has 2 aromatic rings. The van der Waals surface area contributed by atoms with Gasteiger partial charge in [0, 0.05) is 24.7 Å². The quantitative estimate of drug-likeness (QED) is 0.499. The van der Waals surface area contributed by atoms with Crippen LogP contribution in [0, 0.1) is 5.92 Å². The zero-order chi connectivity index (χ0) is 24.0. The number of halogens is 2. The Bertz CT molecular complexity index is 1090. The number of piperidine rings is 1. The van der Waals surface area contributed by atoms with Gasteiger partial charge in [0.05, 0.1) is 24.1 Å². The molecule has 0 aromatic heterocycles. The third-order valence-electron chi connectivity index (χ3n) is 5.49. The molecule has 1 aliphatic heterocycles. The molecule has 178 valence electrons. The molecule has 0 atom stereocenters. The molecular weight excluding hydrogens is 487 g/mol. The van der Waals surface area contributed by atoms with Crippen LogP contribution in [0.3, 0.4) is 0 Å². The second-order valence-corrected chi connectivity index (χ2v) is 10.5. The highest BCUT2D eigenvalue weighted by molar-refractivity contribution is 7.89. The van der Waals surface area contributed by atoms with Crippen LogP contribution < -0.4 is 0 Å². The van der Waals surface area contributed by atoms with Crippen LogP contribution in [-0.2, 0) is 30.9 Å². The fourth-order valence-corrected chi connectivity index (χ4v) is 5.82. The molecule has 0 radical (unpaired) electrons. The minimum Gasteiger partial charge on any atom is -0.466 e. The van der Waals surface area contributed by atoms with Crippen molar-refractivity contribution in [1.82, 2.24) is 9.21 Å². The Morgan fingerprint density at radius 1 is 1.09 bits per heavy atom. The highest BCUT2D eigenvalue weighted by atomic mass is 35.5. The first-order valence-corrected chi connectivity index (χ1v) is 12.9. The number of rotatable bonds is 8. The van der Waals surface area contributed by atoms with Gasteiger partial charge in [-0.3, -0.25) is 9.59 Å². The van der Waals surface area contributed by atoms with Crippen molar-refractivity contribution in [2.75, 3.05) is 26.2 Å². The SMILES string of the molecule is CCOC(=O)C1CCN(C(=O)CN(Cc2ccccc2)S(=O)(=O)c2cc(Cl)ccc2Cl)CC1. The number of carbonyl (C=O) groups excluding carboxylic acids is 2. The van der Waals surface area contributed by atoms with E-state index in [0.29, 0.717) is 32.5 Å². The molecule has 0 spiro atoms. The first-order valence-electron chi connectivity index (χ1n) is 10.7. The van der Waals surface area contributed by atoms with Crippen molar-refractivity contribution in [3.63, 3.8) is 0 Å². The minimum absolute atomic E-state index is 0.00293. The number of hydrogen-bond acceptors (Lipinski definition) is 5. The van der Waals surface area contributed by atoms with Crippen molar-refractivity contribution >= 4 is 45.1 Å². The molecule has 1 fully saturated rings. The van der Waals surface area contributed by atoms with Gasteiger partial charge < -0.3 is 9.64 Å². The summed E-state index contributed by atoms with van der Waals surface area (Å²) in [6, 6.07) is 13.2. The lowest BCUT2D eigenvalue weighted by Crippen LogP contribution is -2.46.